The number of aromatic nitrogens is 2. The van der Waals surface area contributed by atoms with Crippen molar-refractivity contribution in [2.75, 3.05) is 24.2 Å². The first-order valence-corrected chi connectivity index (χ1v) is 11.4. The molecule has 4 rings (SSSR count). The quantitative estimate of drug-likeness (QED) is 0.472. The highest BCUT2D eigenvalue weighted by atomic mass is 79.9. The minimum atomic E-state index is -0.975. The lowest BCUT2D eigenvalue weighted by atomic mass is 10.0. The largest absolute Gasteiger partial charge is 0.382 e. The molecule has 0 unspecified atom stereocenters. The molecule has 1 aromatic heterocycles. The van der Waals surface area contributed by atoms with Gasteiger partial charge < -0.3 is 15.3 Å². The zero-order valence-corrected chi connectivity index (χ0v) is 18.2. The number of hydrogen-bond donors (Lipinski definition) is 3. The second-order valence-electron chi connectivity index (χ2n) is 7.20. The van der Waals surface area contributed by atoms with Gasteiger partial charge in [0.25, 0.3) is 5.91 Å². The Morgan fingerprint density at radius 2 is 2.03 bits per heavy atom. The Hall–Kier alpha value is -2.03. The molecular weight excluding hydrogens is 452 g/mol. The van der Waals surface area contributed by atoms with E-state index in [-0.39, 0.29) is 5.91 Å². The maximum absolute atomic E-state index is 12.6. The highest BCUT2D eigenvalue weighted by Gasteiger charge is 2.27. The molecule has 152 valence electrons. The summed E-state index contributed by atoms with van der Waals surface area (Å²) in [7, 11) is 0. The lowest BCUT2D eigenvalue weighted by Gasteiger charge is -2.34. The van der Waals surface area contributed by atoms with Crippen molar-refractivity contribution in [1.82, 2.24) is 15.1 Å². The normalized spacial score (nSPS) is 16.1. The zero-order valence-electron chi connectivity index (χ0n) is 15.8. The molecular formula is C21H23BrN4O2S. The lowest BCUT2D eigenvalue weighted by molar-refractivity contribution is -0.139. The van der Waals surface area contributed by atoms with Gasteiger partial charge in [0, 0.05) is 45.3 Å². The van der Waals surface area contributed by atoms with Gasteiger partial charge in [-0.25, -0.2) is 0 Å². The van der Waals surface area contributed by atoms with Crippen LogP contribution in [0.5, 0.6) is 0 Å². The number of halogens is 1. The maximum atomic E-state index is 12.6. The van der Waals surface area contributed by atoms with E-state index >= 15 is 0 Å². The molecule has 0 spiro atoms. The highest BCUT2D eigenvalue weighted by Crippen LogP contribution is 2.23. The summed E-state index contributed by atoms with van der Waals surface area (Å²) in [6, 6.07) is 14.3. The number of benzene rings is 2. The molecule has 3 aromatic rings. The number of nitrogens with zero attached hydrogens (tertiary/aromatic N) is 2. The summed E-state index contributed by atoms with van der Waals surface area (Å²) in [5.41, 5.74) is 2.08. The number of aromatic amines is 1. The summed E-state index contributed by atoms with van der Waals surface area (Å²) < 4.78 is 1.01. The molecule has 1 amide bonds. The molecule has 2 heterocycles. The molecule has 1 saturated heterocycles. The molecule has 1 aliphatic heterocycles. The average Bonchev–Trinajstić information content (AvgIpc) is 3.21. The van der Waals surface area contributed by atoms with Crippen molar-refractivity contribution in [3.63, 3.8) is 0 Å². The predicted octanol–water partition coefficient (Wildman–Crippen LogP) is 3.88. The van der Waals surface area contributed by atoms with Crippen molar-refractivity contribution in [3.8, 4) is 0 Å². The number of H-pyrrole nitrogens is 1. The van der Waals surface area contributed by atoms with Gasteiger partial charge in [0.05, 0.1) is 11.7 Å². The Labute approximate surface area is 182 Å². The Morgan fingerprint density at radius 3 is 2.79 bits per heavy atom. The van der Waals surface area contributed by atoms with Crippen LogP contribution in [-0.2, 0) is 4.79 Å². The Morgan fingerprint density at radius 1 is 1.28 bits per heavy atom. The van der Waals surface area contributed by atoms with Gasteiger partial charge in [-0.15, -0.1) is 11.8 Å². The van der Waals surface area contributed by atoms with Crippen molar-refractivity contribution in [3.05, 3.63) is 53.1 Å². The third-order valence-electron chi connectivity index (χ3n) is 5.12. The summed E-state index contributed by atoms with van der Waals surface area (Å²) in [6.07, 6.45) is 2.57. The van der Waals surface area contributed by atoms with E-state index < -0.39 is 6.10 Å². The van der Waals surface area contributed by atoms with Crippen molar-refractivity contribution in [2.45, 2.75) is 29.9 Å². The molecule has 0 aliphatic carbocycles. The third kappa shape index (κ3) is 5.12. The van der Waals surface area contributed by atoms with Crippen molar-refractivity contribution >= 4 is 50.2 Å². The SMILES string of the molecule is O=C([C@@H](O)CSc1ccc(Br)cc1)N1CCC(Nc2ccc3[nH]ncc3c2)CC1. The van der Waals surface area contributed by atoms with Crippen LogP contribution in [0, 0.1) is 0 Å². The molecule has 6 nitrogen and oxygen atoms in total. The molecule has 1 fully saturated rings. The fraction of sp³-hybridized carbons (Fsp3) is 0.333. The Bertz CT molecular complexity index is 970. The van der Waals surface area contributed by atoms with Crippen LogP contribution in [0.15, 0.2) is 58.0 Å². The minimum Gasteiger partial charge on any atom is -0.382 e. The van der Waals surface area contributed by atoms with Crippen LogP contribution < -0.4 is 5.32 Å². The number of nitrogens with one attached hydrogen (secondary N) is 2. The number of piperidine rings is 1. The van der Waals surface area contributed by atoms with Gasteiger partial charge in [-0.3, -0.25) is 9.89 Å². The molecule has 0 saturated carbocycles. The average molecular weight is 475 g/mol. The monoisotopic (exact) mass is 474 g/mol. The summed E-state index contributed by atoms with van der Waals surface area (Å²) in [4.78, 5) is 15.4. The number of likely N-dealkylation sites (tertiary alicyclic amines) is 1. The fourth-order valence-electron chi connectivity index (χ4n) is 3.50. The van der Waals surface area contributed by atoms with Crippen LogP contribution in [0.1, 0.15) is 12.8 Å². The second kappa shape index (κ2) is 9.19. The van der Waals surface area contributed by atoms with Gasteiger partial charge in [0.2, 0.25) is 0 Å². The number of rotatable bonds is 6. The molecule has 0 radical (unpaired) electrons. The van der Waals surface area contributed by atoms with Crippen LogP contribution >= 0.6 is 27.7 Å². The van der Waals surface area contributed by atoms with Gasteiger partial charge in [-0.05, 0) is 55.3 Å². The van der Waals surface area contributed by atoms with E-state index in [1.165, 1.54) is 11.8 Å². The van der Waals surface area contributed by atoms with Crippen LogP contribution in [0.2, 0.25) is 0 Å². The van der Waals surface area contributed by atoms with E-state index in [9.17, 15) is 9.90 Å². The highest BCUT2D eigenvalue weighted by molar-refractivity contribution is 9.10. The summed E-state index contributed by atoms with van der Waals surface area (Å²) in [6.45, 7) is 1.31. The zero-order chi connectivity index (χ0) is 20.2. The van der Waals surface area contributed by atoms with Gasteiger partial charge in [-0.1, -0.05) is 15.9 Å². The van der Waals surface area contributed by atoms with E-state index in [1.54, 1.807) is 4.90 Å². The number of carbonyl (C=O) groups excluding carboxylic acids is 1. The number of anilines is 1. The van der Waals surface area contributed by atoms with E-state index in [1.807, 2.05) is 42.6 Å². The van der Waals surface area contributed by atoms with Gasteiger partial charge in [0.1, 0.15) is 6.10 Å². The number of fused-ring (bicyclic) bond motifs is 1. The van der Waals surface area contributed by atoms with Crippen molar-refractivity contribution < 1.29 is 9.90 Å². The molecule has 2 aromatic carbocycles. The maximum Gasteiger partial charge on any atom is 0.252 e. The van der Waals surface area contributed by atoms with Gasteiger partial charge >= 0.3 is 0 Å². The van der Waals surface area contributed by atoms with E-state index in [0.717, 1.165) is 38.8 Å². The molecule has 29 heavy (non-hydrogen) atoms. The summed E-state index contributed by atoms with van der Waals surface area (Å²) in [5.74, 6) is 0.191. The summed E-state index contributed by atoms with van der Waals surface area (Å²) in [5, 5.41) is 22.0. The van der Waals surface area contributed by atoms with Crippen LogP contribution in [0.25, 0.3) is 10.9 Å². The van der Waals surface area contributed by atoms with E-state index in [4.69, 9.17) is 0 Å². The number of hydrogen-bond acceptors (Lipinski definition) is 5. The lowest BCUT2D eigenvalue weighted by Crippen LogP contribution is -2.47. The van der Waals surface area contributed by atoms with Crippen LogP contribution in [0.3, 0.4) is 0 Å². The standard InChI is InChI=1S/C21H23BrN4O2S/c22-15-1-4-18(5-2-15)29-13-20(27)21(28)26-9-7-16(8-10-26)24-17-3-6-19-14(11-17)12-23-25-19/h1-6,11-12,16,20,24,27H,7-10,13H2,(H,23,25)/t20-/m0/s1. The first kappa shape index (κ1) is 20.3. The fourth-order valence-corrected chi connectivity index (χ4v) is 4.59. The van der Waals surface area contributed by atoms with Crippen molar-refractivity contribution in [1.29, 1.82) is 0 Å². The van der Waals surface area contributed by atoms with Crippen molar-refractivity contribution in [2.24, 2.45) is 0 Å². The molecule has 0 bridgehead atoms. The van der Waals surface area contributed by atoms with Crippen LogP contribution in [-0.4, -0.2) is 57.1 Å². The van der Waals surface area contributed by atoms with Gasteiger partial charge in [0.15, 0.2) is 0 Å². The first-order valence-electron chi connectivity index (χ1n) is 9.63. The predicted molar refractivity (Wildman–Crippen MR) is 120 cm³/mol. The molecule has 1 atom stereocenters. The molecule has 3 N–H and O–H groups in total. The van der Waals surface area contributed by atoms with E-state index in [0.29, 0.717) is 24.9 Å². The number of thioether (sulfide) groups is 1. The second-order valence-corrected chi connectivity index (χ2v) is 9.21. The van der Waals surface area contributed by atoms with Gasteiger partial charge in [-0.2, -0.15) is 5.10 Å². The number of amides is 1. The number of aliphatic hydroxyl groups excluding tert-OH is 1. The Kier molecular flexibility index (Phi) is 6.42. The topological polar surface area (TPSA) is 81.2 Å². The van der Waals surface area contributed by atoms with Crippen LogP contribution in [0.4, 0.5) is 5.69 Å². The first-order chi connectivity index (χ1) is 14.1. The number of aliphatic hydroxyl groups is 1. The minimum absolute atomic E-state index is 0.173. The Balaban J connectivity index is 1.24. The smallest absolute Gasteiger partial charge is 0.252 e. The van der Waals surface area contributed by atoms with E-state index in [2.05, 4.69) is 37.5 Å². The molecule has 8 heteroatoms. The number of carbonyl (C=O) groups is 1. The third-order valence-corrected chi connectivity index (χ3v) is 6.74. The summed E-state index contributed by atoms with van der Waals surface area (Å²) >= 11 is 4.90. The molecule has 1 aliphatic rings.